The van der Waals surface area contributed by atoms with Crippen LogP contribution in [0.3, 0.4) is 0 Å². The molecule has 0 fully saturated rings. The normalized spacial score (nSPS) is 14.2. The lowest BCUT2D eigenvalue weighted by Crippen LogP contribution is -2.34. The van der Waals surface area contributed by atoms with Crippen LogP contribution in [0.4, 0.5) is 0 Å². The van der Waals surface area contributed by atoms with Gasteiger partial charge in [-0.3, -0.25) is 4.84 Å². The fraction of sp³-hybridized carbons (Fsp3) is 1.00. The first-order chi connectivity index (χ1) is 6.95. The average molecular weight is 221 g/mol. The van der Waals surface area contributed by atoms with Crippen molar-refractivity contribution in [3.8, 4) is 0 Å². The van der Waals surface area contributed by atoms with Crippen molar-refractivity contribution in [1.29, 1.82) is 0 Å². The monoisotopic (exact) mass is 221 g/mol. The molecule has 0 heterocycles. The molecule has 0 aromatic heterocycles. The van der Waals surface area contributed by atoms with Gasteiger partial charge >= 0.3 is 0 Å². The second-order valence-corrected chi connectivity index (χ2v) is 4.27. The fourth-order valence-corrected chi connectivity index (χ4v) is 0.757. The molecule has 2 N–H and O–H groups in total. The van der Waals surface area contributed by atoms with Gasteiger partial charge in [0, 0.05) is 13.7 Å². The predicted octanol–water partition coefficient (Wildman–Crippen LogP) is 0.330. The molecule has 1 unspecified atom stereocenters. The molecule has 5 heteroatoms. The average Bonchev–Trinajstić information content (AvgIpc) is 2.13. The van der Waals surface area contributed by atoms with Gasteiger partial charge in [0.15, 0.2) is 0 Å². The summed E-state index contributed by atoms with van der Waals surface area (Å²) in [5.41, 5.74) is 2.42. The maximum atomic E-state index is 9.47. The highest BCUT2D eigenvalue weighted by atomic mass is 16.7. The third-order valence-electron chi connectivity index (χ3n) is 1.52. The molecule has 0 saturated heterocycles. The van der Waals surface area contributed by atoms with Crippen molar-refractivity contribution in [2.75, 3.05) is 33.5 Å². The molecule has 92 valence electrons. The molecular weight excluding hydrogens is 198 g/mol. The highest BCUT2D eigenvalue weighted by Crippen LogP contribution is 2.06. The van der Waals surface area contributed by atoms with E-state index in [-0.39, 0.29) is 5.60 Å². The lowest BCUT2D eigenvalue weighted by Gasteiger charge is -2.22. The number of aliphatic hydroxyl groups is 1. The first-order valence-electron chi connectivity index (χ1n) is 5.11. The van der Waals surface area contributed by atoms with Crippen LogP contribution in [0.5, 0.6) is 0 Å². The van der Waals surface area contributed by atoms with Crippen molar-refractivity contribution in [2.24, 2.45) is 0 Å². The first kappa shape index (κ1) is 14.8. The Morgan fingerprint density at radius 2 is 1.93 bits per heavy atom. The van der Waals surface area contributed by atoms with Crippen LogP contribution >= 0.6 is 0 Å². The summed E-state index contributed by atoms with van der Waals surface area (Å²) in [6.07, 6.45) is -0.563. The quantitative estimate of drug-likeness (QED) is 0.457. The van der Waals surface area contributed by atoms with Crippen LogP contribution in [-0.2, 0) is 14.3 Å². The highest BCUT2D eigenvalue weighted by Gasteiger charge is 2.13. The van der Waals surface area contributed by atoms with E-state index in [1.807, 2.05) is 20.8 Å². The molecule has 0 amide bonds. The zero-order valence-electron chi connectivity index (χ0n) is 10.1. The lowest BCUT2D eigenvalue weighted by atomic mass is 10.2. The van der Waals surface area contributed by atoms with Crippen LogP contribution in [0.15, 0.2) is 0 Å². The molecular formula is C10H23NO4. The maximum Gasteiger partial charge on any atom is 0.0921 e. The molecule has 0 rings (SSSR count). The lowest BCUT2D eigenvalue weighted by molar-refractivity contribution is -0.0661. The minimum absolute atomic E-state index is 0.224. The summed E-state index contributed by atoms with van der Waals surface area (Å²) in [7, 11) is 1.61. The molecule has 0 aromatic rings. The van der Waals surface area contributed by atoms with E-state index in [9.17, 15) is 5.11 Å². The van der Waals surface area contributed by atoms with Crippen LogP contribution in [0.2, 0.25) is 0 Å². The molecule has 0 aromatic carbocycles. The van der Waals surface area contributed by atoms with E-state index < -0.39 is 6.10 Å². The number of nitrogens with one attached hydrogen (secondary N) is 1. The zero-order valence-corrected chi connectivity index (χ0v) is 10.1. The predicted molar refractivity (Wildman–Crippen MR) is 57.5 cm³/mol. The van der Waals surface area contributed by atoms with Crippen molar-refractivity contribution in [2.45, 2.75) is 32.5 Å². The number of rotatable bonds is 8. The molecule has 0 radical (unpaired) electrons. The van der Waals surface area contributed by atoms with Gasteiger partial charge in [0.25, 0.3) is 0 Å². The van der Waals surface area contributed by atoms with Crippen molar-refractivity contribution >= 4 is 0 Å². The third kappa shape index (κ3) is 11.7. The van der Waals surface area contributed by atoms with E-state index in [0.717, 1.165) is 0 Å². The summed E-state index contributed by atoms with van der Waals surface area (Å²) in [4.78, 5) is 4.99. The Morgan fingerprint density at radius 1 is 1.27 bits per heavy atom. The largest absolute Gasteiger partial charge is 0.389 e. The standard InChI is InChI=1S/C10H23NO4/c1-10(2,3)14-8-9(12)7-11-15-6-5-13-4/h9,11-12H,5-8H2,1-4H3. The molecule has 15 heavy (non-hydrogen) atoms. The third-order valence-corrected chi connectivity index (χ3v) is 1.52. The molecule has 1 atom stereocenters. The van der Waals surface area contributed by atoms with Crippen molar-refractivity contribution in [3.63, 3.8) is 0 Å². The summed E-state index contributed by atoms with van der Waals surface area (Å²) >= 11 is 0. The molecule has 0 aliphatic rings. The second kappa shape index (κ2) is 8.01. The van der Waals surface area contributed by atoms with Crippen LogP contribution in [0.25, 0.3) is 0 Å². The SMILES string of the molecule is COCCONCC(O)COC(C)(C)C. The molecule has 0 aliphatic carbocycles. The minimum atomic E-state index is -0.563. The topological polar surface area (TPSA) is 60.0 Å². The molecule has 0 saturated carbocycles. The minimum Gasteiger partial charge on any atom is -0.389 e. The van der Waals surface area contributed by atoms with Gasteiger partial charge in [-0.15, -0.1) is 0 Å². The number of hydrogen-bond acceptors (Lipinski definition) is 5. The smallest absolute Gasteiger partial charge is 0.0921 e. The summed E-state index contributed by atoms with van der Waals surface area (Å²) in [6.45, 7) is 7.47. The highest BCUT2D eigenvalue weighted by molar-refractivity contribution is 4.62. The van der Waals surface area contributed by atoms with E-state index in [1.54, 1.807) is 7.11 Å². The van der Waals surface area contributed by atoms with Crippen molar-refractivity contribution in [3.05, 3.63) is 0 Å². The van der Waals surface area contributed by atoms with Gasteiger partial charge in [0.05, 0.1) is 31.5 Å². The Hall–Kier alpha value is -0.200. The Balaban J connectivity index is 3.30. The van der Waals surface area contributed by atoms with Gasteiger partial charge in [0.2, 0.25) is 0 Å². The van der Waals surface area contributed by atoms with Gasteiger partial charge in [-0.2, -0.15) is 5.48 Å². The van der Waals surface area contributed by atoms with Gasteiger partial charge in [-0.1, -0.05) is 0 Å². The Kier molecular flexibility index (Phi) is 7.90. The number of hydroxylamine groups is 1. The molecule has 0 spiro atoms. The van der Waals surface area contributed by atoms with Crippen molar-refractivity contribution < 1.29 is 19.4 Å². The molecule has 0 bridgehead atoms. The van der Waals surface area contributed by atoms with E-state index >= 15 is 0 Å². The fourth-order valence-electron chi connectivity index (χ4n) is 0.757. The Morgan fingerprint density at radius 3 is 2.47 bits per heavy atom. The van der Waals surface area contributed by atoms with Gasteiger partial charge in [-0.25, -0.2) is 0 Å². The molecule has 0 aliphatic heterocycles. The summed E-state index contributed by atoms with van der Waals surface area (Å²) in [5.74, 6) is 0. The van der Waals surface area contributed by atoms with Gasteiger partial charge in [-0.05, 0) is 20.8 Å². The van der Waals surface area contributed by atoms with E-state index in [0.29, 0.717) is 26.4 Å². The van der Waals surface area contributed by atoms with Crippen LogP contribution in [0, 0.1) is 0 Å². The maximum absolute atomic E-state index is 9.47. The van der Waals surface area contributed by atoms with E-state index in [1.165, 1.54) is 0 Å². The zero-order chi connectivity index (χ0) is 11.7. The first-order valence-corrected chi connectivity index (χ1v) is 5.11. The molecule has 5 nitrogen and oxygen atoms in total. The Labute approximate surface area is 91.7 Å². The van der Waals surface area contributed by atoms with Crippen molar-refractivity contribution in [1.82, 2.24) is 5.48 Å². The van der Waals surface area contributed by atoms with Crippen LogP contribution in [0.1, 0.15) is 20.8 Å². The van der Waals surface area contributed by atoms with Gasteiger partial charge < -0.3 is 14.6 Å². The number of ether oxygens (including phenoxy) is 2. The summed E-state index contributed by atoms with van der Waals surface area (Å²) in [5, 5.41) is 9.47. The van der Waals surface area contributed by atoms with Crippen LogP contribution < -0.4 is 5.48 Å². The van der Waals surface area contributed by atoms with Gasteiger partial charge in [0.1, 0.15) is 0 Å². The number of hydrogen-bond donors (Lipinski definition) is 2. The van der Waals surface area contributed by atoms with Crippen LogP contribution in [-0.4, -0.2) is 50.3 Å². The number of aliphatic hydroxyl groups excluding tert-OH is 1. The van der Waals surface area contributed by atoms with E-state index in [2.05, 4.69) is 5.48 Å². The second-order valence-electron chi connectivity index (χ2n) is 4.27. The Bertz CT molecular complexity index is 147. The summed E-state index contributed by atoms with van der Waals surface area (Å²) in [6, 6.07) is 0. The number of methoxy groups -OCH3 is 1. The summed E-state index contributed by atoms with van der Waals surface area (Å²) < 4.78 is 10.2. The van der Waals surface area contributed by atoms with E-state index in [4.69, 9.17) is 14.3 Å².